The molecule has 3 rings (SSSR count). The number of primary amides is 1. The van der Waals surface area contributed by atoms with Gasteiger partial charge in [0.25, 0.3) is 11.8 Å². The number of ketones is 1. The molecular weight excluding hydrogens is 434 g/mol. The largest absolute Gasteiger partial charge is 0.483 e. The second-order valence-corrected chi connectivity index (χ2v) is 9.46. The molecule has 2 N–H and O–H groups in total. The Morgan fingerprint density at radius 3 is 2.19 bits per heavy atom. The van der Waals surface area contributed by atoms with Gasteiger partial charge in [-0.15, -0.1) is 0 Å². The van der Waals surface area contributed by atoms with E-state index in [1.165, 1.54) is 40.4 Å². The molecule has 1 heterocycles. The van der Waals surface area contributed by atoms with Crippen molar-refractivity contribution in [1.29, 1.82) is 0 Å². The summed E-state index contributed by atoms with van der Waals surface area (Å²) in [5.74, 6) is -0.870. The SMILES string of the molecule is CC(=O)c1ccc(S(=O)(=O)N2CCN(C(=O)COc3cc(C)ccc3C(N)=O)CC2)cc1. The lowest BCUT2D eigenvalue weighted by molar-refractivity contribution is -0.134. The van der Waals surface area contributed by atoms with E-state index < -0.39 is 15.9 Å². The van der Waals surface area contributed by atoms with Crippen LogP contribution in [0.4, 0.5) is 0 Å². The summed E-state index contributed by atoms with van der Waals surface area (Å²) in [4.78, 5) is 37.1. The molecule has 1 saturated heterocycles. The standard InChI is InChI=1S/C22H25N3O6S/c1-15-3-8-19(22(23)28)20(13-15)31-14-21(27)24-9-11-25(12-10-24)32(29,30)18-6-4-17(5-7-18)16(2)26/h3-8,13H,9-12,14H2,1-2H3,(H2,23,28). The normalized spacial score (nSPS) is 14.8. The lowest BCUT2D eigenvalue weighted by Gasteiger charge is -2.34. The van der Waals surface area contributed by atoms with E-state index in [1.54, 1.807) is 18.2 Å². The number of aryl methyl sites for hydroxylation is 1. The van der Waals surface area contributed by atoms with Gasteiger partial charge in [-0.25, -0.2) is 8.42 Å². The molecule has 1 fully saturated rings. The molecule has 10 heteroatoms. The minimum atomic E-state index is -3.73. The molecule has 2 amide bonds. The highest BCUT2D eigenvalue weighted by Gasteiger charge is 2.30. The first kappa shape index (κ1) is 23.4. The number of Topliss-reactive ketones (excluding diaryl/α,β-unsaturated/α-hetero) is 1. The van der Waals surface area contributed by atoms with Gasteiger partial charge in [-0.3, -0.25) is 14.4 Å². The fraction of sp³-hybridized carbons (Fsp3) is 0.318. The fourth-order valence-electron chi connectivity index (χ4n) is 3.37. The van der Waals surface area contributed by atoms with Gasteiger partial charge in [0, 0.05) is 31.7 Å². The predicted molar refractivity (Wildman–Crippen MR) is 117 cm³/mol. The van der Waals surface area contributed by atoms with Gasteiger partial charge < -0.3 is 15.4 Å². The van der Waals surface area contributed by atoms with Crippen LogP contribution in [-0.4, -0.2) is 68.0 Å². The number of benzene rings is 2. The first-order valence-electron chi connectivity index (χ1n) is 10.0. The van der Waals surface area contributed by atoms with Crippen molar-refractivity contribution in [3.05, 3.63) is 59.2 Å². The molecule has 0 atom stereocenters. The van der Waals surface area contributed by atoms with Crippen LogP contribution in [0.2, 0.25) is 0 Å². The lowest BCUT2D eigenvalue weighted by Crippen LogP contribution is -2.51. The minimum absolute atomic E-state index is 0.101. The summed E-state index contributed by atoms with van der Waals surface area (Å²) < 4.78 is 32.6. The van der Waals surface area contributed by atoms with Crippen LogP contribution in [0.5, 0.6) is 5.75 Å². The van der Waals surface area contributed by atoms with Crippen LogP contribution < -0.4 is 10.5 Å². The van der Waals surface area contributed by atoms with E-state index in [-0.39, 0.29) is 60.7 Å². The third-order valence-corrected chi connectivity index (χ3v) is 7.16. The van der Waals surface area contributed by atoms with Crippen LogP contribution in [0.1, 0.15) is 33.2 Å². The Bertz CT molecular complexity index is 1140. The molecule has 2 aromatic carbocycles. The Kier molecular flexibility index (Phi) is 6.95. The van der Waals surface area contributed by atoms with Crippen LogP contribution >= 0.6 is 0 Å². The van der Waals surface area contributed by atoms with E-state index in [9.17, 15) is 22.8 Å². The van der Waals surface area contributed by atoms with E-state index in [4.69, 9.17) is 10.5 Å². The molecule has 0 aliphatic carbocycles. The van der Waals surface area contributed by atoms with E-state index in [0.717, 1.165) is 5.56 Å². The van der Waals surface area contributed by atoms with E-state index >= 15 is 0 Å². The van der Waals surface area contributed by atoms with Gasteiger partial charge in [0.05, 0.1) is 10.5 Å². The summed E-state index contributed by atoms with van der Waals surface area (Å²) in [5, 5.41) is 0. The molecule has 0 radical (unpaired) electrons. The third-order valence-electron chi connectivity index (χ3n) is 5.24. The number of amides is 2. The Hall–Kier alpha value is -3.24. The van der Waals surface area contributed by atoms with Crippen molar-refractivity contribution in [3.8, 4) is 5.75 Å². The maximum absolute atomic E-state index is 12.9. The highest BCUT2D eigenvalue weighted by molar-refractivity contribution is 7.89. The average Bonchev–Trinajstić information content (AvgIpc) is 2.77. The summed E-state index contributed by atoms with van der Waals surface area (Å²) in [6.45, 7) is 3.65. The average molecular weight is 460 g/mol. The number of hydrogen-bond donors (Lipinski definition) is 1. The quantitative estimate of drug-likeness (QED) is 0.620. The van der Waals surface area contributed by atoms with Crippen LogP contribution in [-0.2, 0) is 14.8 Å². The maximum atomic E-state index is 12.9. The predicted octanol–water partition coefficient (Wildman–Crippen LogP) is 1.21. The van der Waals surface area contributed by atoms with Crippen molar-refractivity contribution in [1.82, 2.24) is 9.21 Å². The van der Waals surface area contributed by atoms with Crippen molar-refractivity contribution in [2.24, 2.45) is 5.73 Å². The number of nitrogens with zero attached hydrogens (tertiary/aromatic N) is 2. The zero-order valence-corrected chi connectivity index (χ0v) is 18.7. The van der Waals surface area contributed by atoms with Gasteiger partial charge in [-0.1, -0.05) is 18.2 Å². The van der Waals surface area contributed by atoms with Crippen LogP contribution in [0.25, 0.3) is 0 Å². The molecule has 0 unspecified atom stereocenters. The molecular formula is C22H25N3O6S. The van der Waals surface area contributed by atoms with E-state index in [1.807, 2.05) is 6.92 Å². The number of rotatable bonds is 7. The van der Waals surface area contributed by atoms with Crippen molar-refractivity contribution in [2.75, 3.05) is 32.8 Å². The van der Waals surface area contributed by atoms with Crippen LogP contribution in [0, 0.1) is 6.92 Å². The Balaban J connectivity index is 1.59. The Morgan fingerprint density at radius 2 is 1.62 bits per heavy atom. The third kappa shape index (κ3) is 5.14. The summed E-state index contributed by atoms with van der Waals surface area (Å²) in [7, 11) is -3.73. The Morgan fingerprint density at radius 1 is 1.00 bits per heavy atom. The molecule has 170 valence electrons. The molecule has 0 saturated carbocycles. The van der Waals surface area contributed by atoms with Crippen molar-refractivity contribution in [3.63, 3.8) is 0 Å². The minimum Gasteiger partial charge on any atom is -0.483 e. The monoisotopic (exact) mass is 459 g/mol. The van der Waals surface area contributed by atoms with Gasteiger partial charge in [0.2, 0.25) is 10.0 Å². The summed E-state index contributed by atoms with van der Waals surface area (Å²) in [5.41, 5.74) is 6.83. The topological polar surface area (TPSA) is 127 Å². The second kappa shape index (κ2) is 9.49. The number of piperazine rings is 1. The lowest BCUT2D eigenvalue weighted by atomic mass is 10.1. The highest BCUT2D eigenvalue weighted by Crippen LogP contribution is 2.21. The summed E-state index contributed by atoms with van der Waals surface area (Å²) in [6, 6.07) is 10.7. The number of carbonyl (C=O) groups excluding carboxylic acids is 3. The molecule has 0 spiro atoms. The zero-order valence-electron chi connectivity index (χ0n) is 17.9. The second-order valence-electron chi connectivity index (χ2n) is 7.52. The van der Waals surface area contributed by atoms with E-state index in [0.29, 0.717) is 5.56 Å². The summed E-state index contributed by atoms with van der Waals surface area (Å²) in [6.07, 6.45) is 0. The van der Waals surface area contributed by atoms with Gasteiger partial charge in [-0.05, 0) is 43.7 Å². The van der Waals surface area contributed by atoms with Crippen molar-refractivity contribution in [2.45, 2.75) is 18.7 Å². The fourth-order valence-corrected chi connectivity index (χ4v) is 4.79. The molecule has 1 aliphatic rings. The van der Waals surface area contributed by atoms with Crippen molar-refractivity contribution < 1.29 is 27.5 Å². The van der Waals surface area contributed by atoms with Crippen molar-refractivity contribution >= 4 is 27.6 Å². The van der Waals surface area contributed by atoms with Gasteiger partial charge in [-0.2, -0.15) is 4.31 Å². The maximum Gasteiger partial charge on any atom is 0.260 e. The smallest absolute Gasteiger partial charge is 0.260 e. The molecule has 32 heavy (non-hydrogen) atoms. The number of sulfonamides is 1. The van der Waals surface area contributed by atoms with Gasteiger partial charge in [0.15, 0.2) is 12.4 Å². The Labute approximate surface area is 186 Å². The first-order chi connectivity index (χ1) is 15.1. The van der Waals surface area contributed by atoms with Gasteiger partial charge in [0.1, 0.15) is 5.75 Å². The van der Waals surface area contributed by atoms with E-state index in [2.05, 4.69) is 0 Å². The highest BCUT2D eigenvalue weighted by atomic mass is 32.2. The molecule has 0 aromatic heterocycles. The van der Waals surface area contributed by atoms with Gasteiger partial charge >= 0.3 is 0 Å². The molecule has 9 nitrogen and oxygen atoms in total. The number of hydrogen-bond acceptors (Lipinski definition) is 6. The van der Waals surface area contributed by atoms with Crippen LogP contribution in [0.15, 0.2) is 47.4 Å². The summed E-state index contributed by atoms with van der Waals surface area (Å²) >= 11 is 0. The zero-order chi connectivity index (χ0) is 23.5. The first-order valence-corrected chi connectivity index (χ1v) is 11.5. The number of ether oxygens (including phenoxy) is 1. The molecule has 1 aliphatic heterocycles. The molecule has 0 bridgehead atoms. The number of carbonyl (C=O) groups is 3. The molecule has 2 aromatic rings. The number of nitrogens with two attached hydrogens (primary N) is 1. The van der Waals surface area contributed by atoms with Crippen LogP contribution in [0.3, 0.4) is 0 Å².